The molecule has 0 saturated heterocycles. The second kappa shape index (κ2) is 4.36. The Bertz CT molecular complexity index is 317. The first kappa shape index (κ1) is 9.40. The first-order valence-electron chi connectivity index (χ1n) is 4.07. The summed E-state index contributed by atoms with van der Waals surface area (Å²) in [4.78, 5) is 0. The molecule has 0 aliphatic heterocycles. The van der Waals surface area contributed by atoms with E-state index in [0.29, 0.717) is 0 Å². The Balaban J connectivity index is 2.82. The number of hydrogen-bond acceptors (Lipinski definition) is 3. The molecule has 1 aromatic rings. The molecule has 0 aliphatic carbocycles. The molecule has 0 radical (unpaired) electrons. The van der Waals surface area contributed by atoms with Gasteiger partial charge in [-0.05, 0) is 19.1 Å². The van der Waals surface area contributed by atoms with Crippen LogP contribution in [-0.2, 0) is 0 Å². The summed E-state index contributed by atoms with van der Waals surface area (Å²) in [6.07, 6.45) is 0. The highest BCUT2D eigenvalue weighted by molar-refractivity contribution is 5.57. The third-order valence-electron chi connectivity index (χ3n) is 1.67. The van der Waals surface area contributed by atoms with E-state index in [1.54, 1.807) is 14.0 Å². The fourth-order valence-corrected chi connectivity index (χ4v) is 1.03. The van der Waals surface area contributed by atoms with Crippen molar-refractivity contribution in [3.05, 3.63) is 24.3 Å². The van der Waals surface area contributed by atoms with Crippen molar-refractivity contribution in [1.29, 1.82) is 5.26 Å². The monoisotopic (exact) mass is 176 g/mol. The van der Waals surface area contributed by atoms with Gasteiger partial charge in [0.05, 0.1) is 18.9 Å². The van der Waals surface area contributed by atoms with Crippen LogP contribution in [0, 0.1) is 11.3 Å². The van der Waals surface area contributed by atoms with Crippen molar-refractivity contribution in [3.63, 3.8) is 0 Å². The third-order valence-corrected chi connectivity index (χ3v) is 1.67. The normalized spacial score (nSPS) is 11.5. The number of methoxy groups -OCH3 is 1. The molecule has 3 nitrogen and oxygen atoms in total. The quantitative estimate of drug-likeness (QED) is 0.766. The zero-order valence-electron chi connectivity index (χ0n) is 7.74. The van der Waals surface area contributed by atoms with E-state index in [2.05, 4.69) is 11.4 Å². The third kappa shape index (κ3) is 2.38. The van der Waals surface area contributed by atoms with Crippen molar-refractivity contribution < 1.29 is 4.74 Å². The standard InChI is InChI=1S/C10H12N2O/c1-8(7-11)12-9-5-3-4-6-10(9)13-2/h3-6,8,12H,1-2H3. The van der Waals surface area contributed by atoms with E-state index in [4.69, 9.17) is 10.00 Å². The van der Waals surface area contributed by atoms with Gasteiger partial charge >= 0.3 is 0 Å². The summed E-state index contributed by atoms with van der Waals surface area (Å²) in [5.74, 6) is 0.754. The number of benzene rings is 1. The molecule has 1 unspecified atom stereocenters. The molecule has 1 rings (SSSR count). The van der Waals surface area contributed by atoms with Crippen LogP contribution in [0.15, 0.2) is 24.3 Å². The molecule has 0 amide bonds. The first-order chi connectivity index (χ1) is 6.27. The largest absolute Gasteiger partial charge is 0.495 e. The van der Waals surface area contributed by atoms with Crippen LogP contribution < -0.4 is 10.1 Å². The molecule has 13 heavy (non-hydrogen) atoms. The van der Waals surface area contributed by atoms with Crippen LogP contribution in [-0.4, -0.2) is 13.2 Å². The van der Waals surface area contributed by atoms with E-state index in [1.807, 2.05) is 24.3 Å². The van der Waals surface area contributed by atoms with E-state index < -0.39 is 0 Å². The minimum atomic E-state index is -0.212. The van der Waals surface area contributed by atoms with E-state index in [1.165, 1.54) is 0 Å². The van der Waals surface area contributed by atoms with Gasteiger partial charge in [0.25, 0.3) is 0 Å². The molecular weight excluding hydrogens is 164 g/mol. The van der Waals surface area contributed by atoms with E-state index in [0.717, 1.165) is 11.4 Å². The van der Waals surface area contributed by atoms with Gasteiger partial charge in [-0.25, -0.2) is 0 Å². The first-order valence-corrected chi connectivity index (χ1v) is 4.07. The highest BCUT2D eigenvalue weighted by Gasteiger charge is 2.03. The number of hydrogen-bond donors (Lipinski definition) is 1. The van der Waals surface area contributed by atoms with Crippen LogP contribution in [0.5, 0.6) is 5.75 Å². The van der Waals surface area contributed by atoms with Gasteiger partial charge in [-0.1, -0.05) is 12.1 Å². The second-order valence-corrected chi connectivity index (χ2v) is 2.70. The van der Waals surface area contributed by atoms with Crippen LogP contribution in [0.2, 0.25) is 0 Å². The summed E-state index contributed by atoms with van der Waals surface area (Å²) in [6, 6.07) is 9.41. The molecule has 0 saturated carbocycles. The van der Waals surface area contributed by atoms with Gasteiger partial charge in [-0.15, -0.1) is 0 Å². The molecule has 68 valence electrons. The summed E-state index contributed by atoms with van der Waals surface area (Å²) >= 11 is 0. The van der Waals surface area contributed by atoms with Gasteiger partial charge in [0, 0.05) is 0 Å². The maximum absolute atomic E-state index is 8.61. The highest BCUT2D eigenvalue weighted by Crippen LogP contribution is 2.23. The Kier molecular flexibility index (Phi) is 3.15. The molecule has 1 N–H and O–H groups in total. The zero-order chi connectivity index (χ0) is 9.68. The molecule has 0 heterocycles. The summed E-state index contributed by atoms with van der Waals surface area (Å²) in [7, 11) is 1.61. The number of nitrogens with one attached hydrogen (secondary N) is 1. The minimum absolute atomic E-state index is 0.212. The topological polar surface area (TPSA) is 45.0 Å². The smallest absolute Gasteiger partial charge is 0.141 e. The SMILES string of the molecule is COc1ccccc1NC(C)C#N. The van der Waals surface area contributed by atoms with Crippen LogP contribution in [0.3, 0.4) is 0 Å². The van der Waals surface area contributed by atoms with Gasteiger partial charge < -0.3 is 10.1 Å². The van der Waals surface area contributed by atoms with Crippen LogP contribution >= 0.6 is 0 Å². The number of nitrogens with zero attached hydrogens (tertiary/aromatic N) is 1. The zero-order valence-corrected chi connectivity index (χ0v) is 7.74. The fourth-order valence-electron chi connectivity index (χ4n) is 1.03. The molecule has 0 spiro atoms. The second-order valence-electron chi connectivity index (χ2n) is 2.70. The summed E-state index contributed by atoms with van der Waals surface area (Å²) in [6.45, 7) is 1.80. The van der Waals surface area contributed by atoms with Crippen molar-refractivity contribution >= 4 is 5.69 Å². The van der Waals surface area contributed by atoms with Gasteiger partial charge in [0.2, 0.25) is 0 Å². The van der Waals surface area contributed by atoms with Crippen molar-refractivity contribution in [1.82, 2.24) is 0 Å². The van der Waals surface area contributed by atoms with E-state index in [-0.39, 0.29) is 6.04 Å². The Hall–Kier alpha value is -1.69. The lowest BCUT2D eigenvalue weighted by molar-refractivity contribution is 0.416. The van der Waals surface area contributed by atoms with Crippen molar-refractivity contribution in [2.45, 2.75) is 13.0 Å². The molecule has 0 aromatic heterocycles. The fraction of sp³-hybridized carbons (Fsp3) is 0.300. The Labute approximate surface area is 77.9 Å². The number of nitriles is 1. The minimum Gasteiger partial charge on any atom is -0.495 e. The van der Waals surface area contributed by atoms with Crippen molar-refractivity contribution in [2.24, 2.45) is 0 Å². The summed E-state index contributed by atoms with van der Waals surface area (Å²) < 4.78 is 5.12. The number of rotatable bonds is 3. The molecule has 0 aliphatic rings. The summed E-state index contributed by atoms with van der Waals surface area (Å²) in [5.41, 5.74) is 0.846. The van der Waals surface area contributed by atoms with Crippen LogP contribution in [0.4, 0.5) is 5.69 Å². The number of anilines is 1. The number of ether oxygens (including phenoxy) is 1. The molecular formula is C10H12N2O. The lowest BCUT2D eigenvalue weighted by Gasteiger charge is -2.11. The highest BCUT2D eigenvalue weighted by atomic mass is 16.5. The lowest BCUT2D eigenvalue weighted by atomic mass is 10.2. The molecule has 1 atom stereocenters. The van der Waals surface area contributed by atoms with Crippen molar-refractivity contribution in [3.8, 4) is 11.8 Å². The van der Waals surface area contributed by atoms with E-state index >= 15 is 0 Å². The van der Waals surface area contributed by atoms with Gasteiger partial charge in [-0.2, -0.15) is 5.26 Å². The van der Waals surface area contributed by atoms with Gasteiger partial charge in [-0.3, -0.25) is 0 Å². The maximum Gasteiger partial charge on any atom is 0.141 e. The van der Waals surface area contributed by atoms with Crippen molar-refractivity contribution in [2.75, 3.05) is 12.4 Å². The predicted molar refractivity (Wildman–Crippen MR) is 51.7 cm³/mol. The maximum atomic E-state index is 8.61. The Morgan fingerprint density at radius 3 is 2.77 bits per heavy atom. The van der Waals surface area contributed by atoms with Gasteiger partial charge in [0.15, 0.2) is 0 Å². The summed E-state index contributed by atoms with van der Waals surface area (Å²) in [5, 5.41) is 11.6. The Morgan fingerprint density at radius 1 is 1.46 bits per heavy atom. The lowest BCUT2D eigenvalue weighted by Crippen LogP contribution is -2.12. The van der Waals surface area contributed by atoms with Gasteiger partial charge in [0.1, 0.15) is 11.8 Å². The van der Waals surface area contributed by atoms with E-state index in [9.17, 15) is 0 Å². The van der Waals surface area contributed by atoms with Crippen LogP contribution in [0.25, 0.3) is 0 Å². The Morgan fingerprint density at radius 2 is 2.15 bits per heavy atom. The molecule has 0 bridgehead atoms. The average molecular weight is 176 g/mol. The molecule has 0 fully saturated rings. The number of para-hydroxylation sites is 2. The van der Waals surface area contributed by atoms with Crippen LogP contribution in [0.1, 0.15) is 6.92 Å². The predicted octanol–water partition coefficient (Wildman–Crippen LogP) is 2.02. The molecule has 1 aromatic carbocycles. The molecule has 3 heteroatoms. The average Bonchev–Trinajstić information content (AvgIpc) is 2.18.